The Morgan fingerprint density at radius 1 is 1.35 bits per heavy atom. The van der Waals surface area contributed by atoms with Crippen LogP contribution in [0, 0.1) is 11.3 Å². The summed E-state index contributed by atoms with van der Waals surface area (Å²) in [6.07, 6.45) is 3.37. The second-order valence-electron chi connectivity index (χ2n) is 3.34. The Labute approximate surface area is 99.5 Å². The average molecular weight is 225 g/mol. The van der Waals surface area contributed by atoms with Crippen LogP contribution in [0.25, 0.3) is 11.3 Å². The van der Waals surface area contributed by atoms with Gasteiger partial charge >= 0.3 is 0 Å². The van der Waals surface area contributed by atoms with Crippen LogP contribution in [0.2, 0.25) is 0 Å². The first kappa shape index (κ1) is 11.1. The molecule has 0 atom stereocenters. The Kier molecular flexibility index (Phi) is 3.31. The van der Waals surface area contributed by atoms with E-state index < -0.39 is 0 Å². The van der Waals surface area contributed by atoms with Crippen LogP contribution in [0.15, 0.2) is 36.7 Å². The van der Waals surface area contributed by atoms with E-state index in [1.807, 2.05) is 25.1 Å². The van der Waals surface area contributed by atoms with Gasteiger partial charge in [-0.25, -0.2) is 4.98 Å². The average Bonchev–Trinajstić information content (AvgIpc) is 2.40. The van der Waals surface area contributed by atoms with E-state index in [2.05, 4.69) is 16.0 Å². The van der Waals surface area contributed by atoms with Gasteiger partial charge in [0.15, 0.2) is 0 Å². The van der Waals surface area contributed by atoms with Gasteiger partial charge in [0, 0.05) is 18.0 Å². The summed E-state index contributed by atoms with van der Waals surface area (Å²) in [4.78, 5) is 8.34. The molecule has 0 aliphatic heterocycles. The molecule has 0 bridgehead atoms. The van der Waals surface area contributed by atoms with E-state index in [1.165, 1.54) is 0 Å². The molecule has 0 aliphatic carbocycles. The Balaban J connectivity index is 2.43. The highest BCUT2D eigenvalue weighted by atomic mass is 16.5. The summed E-state index contributed by atoms with van der Waals surface area (Å²) < 4.78 is 5.26. The standard InChI is InChI=1S/C13H11N3O/c1-2-17-13-10(8-14)7-11(9-16-13)12-5-3-4-6-15-12/h3-7,9H,2H2,1H3. The van der Waals surface area contributed by atoms with Crippen molar-refractivity contribution in [2.45, 2.75) is 6.92 Å². The molecule has 0 saturated carbocycles. The molecular formula is C13H11N3O. The van der Waals surface area contributed by atoms with Crippen LogP contribution in [0.3, 0.4) is 0 Å². The van der Waals surface area contributed by atoms with E-state index in [1.54, 1.807) is 18.5 Å². The largest absolute Gasteiger partial charge is 0.477 e. The zero-order chi connectivity index (χ0) is 12.1. The van der Waals surface area contributed by atoms with Gasteiger partial charge < -0.3 is 4.74 Å². The molecule has 0 saturated heterocycles. The molecule has 0 amide bonds. The fourth-order valence-electron chi connectivity index (χ4n) is 1.46. The maximum absolute atomic E-state index is 9.03. The van der Waals surface area contributed by atoms with Gasteiger partial charge in [-0.2, -0.15) is 5.26 Å². The van der Waals surface area contributed by atoms with Crippen molar-refractivity contribution in [1.29, 1.82) is 5.26 Å². The number of aromatic nitrogens is 2. The molecule has 0 unspecified atom stereocenters. The van der Waals surface area contributed by atoms with Crippen molar-refractivity contribution in [1.82, 2.24) is 9.97 Å². The summed E-state index contributed by atoms with van der Waals surface area (Å²) in [5.41, 5.74) is 2.03. The minimum Gasteiger partial charge on any atom is -0.477 e. The van der Waals surface area contributed by atoms with Crippen LogP contribution < -0.4 is 4.74 Å². The number of hydrogen-bond donors (Lipinski definition) is 0. The second kappa shape index (κ2) is 5.08. The predicted molar refractivity (Wildman–Crippen MR) is 63.4 cm³/mol. The van der Waals surface area contributed by atoms with Gasteiger partial charge in [-0.15, -0.1) is 0 Å². The van der Waals surface area contributed by atoms with Crippen molar-refractivity contribution in [2.75, 3.05) is 6.61 Å². The normalized spacial score (nSPS) is 9.65. The molecule has 0 spiro atoms. The van der Waals surface area contributed by atoms with Gasteiger partial charge in [0.05, 0.1) is 12.3 Å². The molecule has 0 fully saturated rings. The lowest BCUT2D eigenvalue weighted by molar-refractivity contribution is 0.326. The molecule has 0 N–H and O–H groups in total. The third-order valence-electron chi connectivity index (χ3n) is 2.21. The Bertz CT molecular complexity index is 546. The zero-order valence-electron chi connectivity index (χ0n) is 9.42. The number of rotatable bonds is 3. The van der Waals surface area contributed by atoms with Crippen LogP contribution in [0.4, 0.5) is 0 Å². The Morgan fingerprint density at radius 3 is 2.88 bits per heavy atom. The van der Waals surface area contributed by atoms with E-state index in [-0.39, 0.29) is 0 Å². The molecule has 4 nitrogen and oxygen atoms in total. The van der Waals surface area contributed by atoms with Crippen LogP contribution in [0.5, 0.6) is 5.88 Å². The number of hydrogen-bond acceptors (Lipinski definition) is 4. The van der Waals surface area contributed by atoms with Crippen LogP contribution in [0.1, 0.15) is 12.5 Å². The molecule has 2 heterocycles. The zero-order valence-corrected chi connectivity index (χ0v) is 9.42. The molecule has 2 aromatic rings. The summed E-state index contributed by atoms with van der Waals surface area (Å²) >= 11 is 0. The highest BCUT2D eigenvalue weighted by Gasteiger charge is 2.07. The number of pyridine rings is 2. The molecule has 17 heavy (non-hydrogen) atoms. The topological polar surface area (TPSA) is 58.8 Å². The lowest BCUT2D eigenvalue weighted by atomic mass is 10.1. The minimum absolute atomic E-state index is 0.370. The summed E-state index contributed by atoms with van der Waals surface area (Å²) in [5, 5.41) is 9.03. The minimum atomic E-state index is 0.370. The number of ether oxygens (including phenoxy) is 1. The van der Waals surface area contributed by atoms with Gasteiger partial charge in [-0.05, 0) is 25.1 Å². The van der Waals surface area contributed by atoms with E-state index in [0.29, 0.717) is 18.1 Å². The first-order valence-corrected chi connectivity index (χ1v) is 5.29. The van der Waals surface area contributed by atoms with E-state index in [0.717, 1.165) is 11.3 Å². The van der Waals surface area contributed by atoms with Gasteiger partial charge in [-0.3, -0.25) is 4.98 Å². The van der Waals surface area contributed by atoms with Crippen LogP contribution in [-0.2, 0) is 0 Å². The number of nitriles is 1. The SMILES string of the molecule is CCOc1ncc(-c2ccccn2)cc1C#N. The van der Waals surface area contributed by atoms with Gasteiger partial charge in [-0.1, -0.05) is 6.07 Å². The highest BCUT2D eigenvalue weighted by Crippen LogP contribution is 2.22. The van der Waals surface area contributed by atoms with Crippen molar-refractivity contribution in [3.63, 3.8) is 0 Å². The van der Waals surface area contributed by atoms with E-state index in [4.69, 9.17) is 10.00 Å². The second-order valence-corrected chi connectivity index (χ2v) is 3.34. The maximum Gasteiger partial charge on any atom is 0.231 e. The van der Waals surface area contributed by atoms with Crippen LogP contribution >= 0.6 is 0 Å². The predicted octanol–water partition coefficient (Wildman–Crippen LogP) is 2.41. The van der Waals surface area contributed by atoms with Crippen molar-refractivity contribution >= 4 is 0 Å². The molecule has 0 radical (unpaired) electrons. The van der Waals surface area contributed by atoms with Crippen LogP contribution in [-0.4, -0.2) is 16.6 Å². The summed E-state index contributed by atoms with van der Waals surface area (Å²) in [6.45, 7) is 2.35. The Morgan fingerprint density at radius 2 is 2.24 bits per heavy atom. The first-order valence-electron chi connectivity index (χ1n) is 5.29. The molecule has 84 valence electrons. The monoisotopic (exact) mass is 225 g/mol. The van der Waals surface area contributed by atoms with Gasteiger partial charge in [0.25, 0.3) is 0 Å². The van der Waals surface area contributed by atoms with E-state index >= 15 is 0 Å². The smallest absolute Gasteiger partial charge is 0.231 e. The Hall–Kier alpha value is -2.41. The van der Waals surface area contributed by atoms with Gasteiger partial charge in [0.1, 0.15) is 11.6 Å². The quantitative estimate of drug-likeness (QED) is 0.804. The molecule has 0 aromatic carbocycles. The molecule has 4 heteroatoms. The fourth-order valence-corrected chi connectivity index (χ4v) is 1.46. The molecule has 2 rings (SSSR count). The van der Waals surface area contributed by atoms with E-state index in [9.17, 15) is 0 Å². The maximum atomic E-state index is 9.03. The number of nitrogens with zero attached hydrogens (tertiary/aromatic N) is 3. The van der Waals surface area contributed by atoms with Gasteiger partial charge in [0.2, 0.25) is 5.88 Å². The summed E-state index contributed by atoms with van der Waals surface area (Å²) in [6, 6.07) is 9.42. The molecule has 2 aromatic heterocycles. The van der Waals surface area contributed by atoms with Crippen molar-refractivity contribution < 1.29 is 4.74 Å². The lowest BCUT2D eigenvalue weighted by Gasteiger charge is -2.05. The summed E-state index contributed by atoms with van der Waals surface area (Å²) in [7, 11) is 0. The van der Waals surface area contributed by atoms with Crippen molar-refractivity contribution in [3.8, 4) is 23.2 Å². The summed E-state index contributed by atoms with van der Waals surface area (Å²) in [5.74, 6) is 0.370. The third kappa shape index (κ3) is 2.40. The fraction of sp³-hybridized carbons (Fsp3) is 0.154. The lowest BCUT2D eigenvalue weighted by Crippen LogP contribution is -1.98. The molecular weight excluding hydrogens is 214 g/mol. The first-order chi connectivity index (χ1) is 8.35. The van der Waals surface area contributed by atoms with Crippen molar-refractivity contribution in [2.24, 2.45) is 0 Å². The van der Waals surface area contributed by atoms with Crippen molar-refractivity contribution in [3.05, 3.63) is 42.2 Å². The third-order valence-corrected chi connectivity index (χ3v) is 2.21. The highest BCUT2D eigenvalue weighted by molar-refractivity contribution is 5.61. The molecule has 0 aliphatic rings.